The van der Waals surface area contributed by atoms with Crippen LogP contribution in [0.5, 0.6) is 0 Å². The van der Waals surface area contributed by atoms with Gasteiger partial charge >= 0.3 is 0 Å². The van der Waals surface area contributed by atoms with Gasteiger partial charge in [0, 0.05) is 22.8 Å². The maximum atomic E-state index is 12.2. The van der Waals surface area contributed by atoms with Crippen molar-refractivity contribution in [1.29, 1.82) is 0 Å². The fourth-order valence-electron chi connectivity index (χ4n) is 2.41. The van der Waals surface area contributed by atoms with Gasteiger partial charge in [-0.25, -0.2) is 9.97 Å². The summed E-state index contributed by atoms with van der Waals surface area (Å²) in [5.74, 6) is -0.276. The molecule has 0 spiro atoms. The average Bonchev–Trinajstić information content (AvgIpc) is 3.07. The topological polar surface area (TPSA) is 84.0 Å². The quantitative estimate of drug-likeness (QED) is 0.695. The molecule has 0 fully saturated rings. The molecule has 6 nitrogen and oxygen atoms in total. The zero-order valence-corrected chi connectivity index (χ0v) is 15.3. The third kappa shape index (κ3) is 3.94. The molecule has 3 rings (SSSR count). The highest BCUT2D eigenvalue weighted by Crippen LogP contribution is 2.22. The lowest BCUT2D eigenvalue weighted by Gasteiger charge is -2.06. The van der Waals surface area contributed by atoms with Crippen LogP contribution in [0.4, 0.5) is 0 Å². The van der Waals surface area contributed by atoms with E-state index in [1.807, 2.05) is 50.2 Å². The van der Waals surface area contributed by atoms with E-state index < -0.39 is 5.91 Å². The van der Waals surface area contributed by atoms with Crippen LogP contribution in [0.25, 0.3) is 11.4 Å². The van der Waals surface area contributed by atoms with Crippen molar-refractivity contribution >= 4 is 23.2 Å². The molecule has 0 unspecified atom stereocenters. The lowest BCUT2D eigenvalue weighted by molar-refractivity contribution is 0.0848. The molecular formula is C19H18N4O2S. The van der Waals surface area contributed by atoms with Crippen LogP contribution in [-0.2, 0) is 6.42 Å². The van der Waals surface area contributed by atoms with Crippen molar-refractivity contribution < 1.29 is 9.59 Å². The number of nitrogens with zero attached hydrogens (tertiary/aromatic N) is 2. The van der Waals surface area contributed by atoms with Crippen LogP contribution >= 0.6 is 11.3 Å². The molecule has 0 saturated heterocycles. The van der Waals surface area contributed by atoms with E-state index >= 15 is 0 Å². The first-order valence-corrected chi connectivity index (χ1v) is 8.97. The summed E-state index contributed by atoms with van der Waals surface area (Å²) in [6, 6.07) is 11.3. The van der Waals surface area contributed by atoms with E-state index in [1.165, 1.54) is 23.7 Å². The Hall–Kier alpha value is -3.06. The number of hydrogen-bond donors (Lipinski definition) is 2. The number of amides is 2. The summed E-state index contributed by atoms with van der Waals surface area (Å²) in [5, 5.41) is 0. The molecule has 2 heterocycles. The Labute approximate surface area is 155 Å². The smallest absolute Gasteiger partial charge is 0.267 e. The van der Waals surface area contributed by atoms with Crippen LogP contribution in [0.15, 0.2) is 48.8 Å². The Morgan fingerprint density at radius 2 is 1.69 bits per heavy atom. The summed E-state index contributed by atoms with van der Waals surface area (Å²) < 4.78 is 0. The minimum Gasteiger partial charge on any atom is -0.267 e. The van der Waals surface area contributed by atoms with Gasteiger partial charge in [0.2, 0.25) is 0 Å². The van der Waals surface area contributed by atoms with Crippen LogP contribution in [0.1, 0.15) is 37.4 Å². The predicted octanol–water partition coefficient (Wildman–Crippen LogP) is 3.15. The summed E-state index contributed by atoms with van der Waals surface area (Å²) in [6.07, 6.45) is 3.74. The zero-order valence-electron chi connectivity index (χ0n) is 14.4. The Bertz CT molecular complexity index is 920. The van der Waals surface area contributed by atoms with Crippen LogP contribution in [-0.4, -0.2) is 21.8 Å². The number of thiophene rings is 1. The van der Waals surface area contributed by atoms with Crippen molar-refractivity contribution in [2.75, 3.05) is 0 Å². The molecule has 2 N–H and O–H groups in total. The largest absolute Gasteiger partial charge is 0.279 e. The van der Waals surface area contributed by atoms with Gasteiger partial charge in [0.05, 0.1) is 10.4 Å². The number of carbonyl (C=O) groups excluding carboxylic acids is 2. The minimum atomic E-state index is -0.470. The summed E-state index contributed by atoms with van der Waals surface area (Å²) in [7, 11) is 0. The minimum absolute atomic E-state index is 0.265. The highest BCUT2D eigenvalue weighted by molar-refractivity contribution is 7.14. The van der Waals surface area contributed by atoms with Crippen molar-refractivity contribution in [3.63, 3.8) is 0 Å². The molecule has 26 heavy (non-hydrogen) atoms. The van der Waals surface area contributed by atoms with Crippen molar-refractivity contribution in [2.45, 2.75) is 20.3 Å². The Morgan fingerprint density at radius 3 is 2.31 bits per heavy atom. The first-order valence-electron chi connectivity index (χ1n) is 8.16. The van der Waals surface area contributed by atoms with Crippen LogP contribution in [0, 0.1) is 6.92 Å². The summed E-state index contributed by atoms with van der Waals surface area (Å²) in [6.45, 7) is 4.01. The van der Waals surface area contributed by atoms with Crippen LogP contribution in [0.3, 0.4) is 0 Å². The van der Waals surface area contributed by atoms with Gasteiger partial charge in [-0.15, -0.1) is 11.3 Å². The van der Waals surface area contributed by atoms with E-state index in [1.54, 1.807) is 0 Å². The second-order valence-electron chi connectivity index (χ2n) is 5.64. The molecule has 132 valence electrons. The normalized spacial score (nSPS) is 10.4. The third-order valence-electron chi connectivity index (χ3n) is 3.80. The van der Waals surface area contributed by atoms with Crippen LogP contribution in [0.2, 0.25) is 0 Å². The standard InChI is InChI=1S/C19H18N4O2S/c1-3-15-12(2)9-16(26-15)19(25)23-22-18(24)14-10-20-17(21-11-14)13-7-5-4-6-8-13/h4-11H,3H2,1-2H3,(H,22,24)(H,23,25). The molecule has 2 aromatic heterocycles. The Kier molecular flexibility index (Phi) is 5.38. The third-order valence-corrected chi connectivity index (χ3v) is 5.18. The monoisotopic (exact) mass is 366 g/mol. The van der Waals surface area contributed by atoms with Gasteiger partial charge in [-0.1, -0.05) is 37.3 Å². The molecule has 1 aromatic carbocycles. The summed E-state index contributed by atoms with van der Waals surface area (Å²) >= 11 is 1.43. The van der Waals surface area contributed by atoms with Gasteiger partial charge in [0.15, 0.2) is 5.82 Å². The Morgan fingerprint density at radius 1 is 1.04 bits per heavy atom. The second kappa shape index (κ2) is 7.88. The molecule has 0 atom stereocenters. The van der Waals surface area contributed by atoms with Crippen LogP contribution < -0.4 is 10.9 Å². The van der Waals surface area contributed by atoms with Gasteiger partial charge in [-0.05, 0) is 25.0 Å². The number of benzene rings is 1. The average molecular weight is 366 g/mol. The van der Waals surface area contributed by atoms with E-state index in [0.29, 0.717) is 10.7 Å². The molecule has 0 aliphatic heterocycles. The number of hydrogen-bond acceptors (Lipinski definition) is 5. The number of aromatic nitrogens is 2. The lowest BCUT2D eigenvalue weighted by atomic mass is 10.2. The molecule has 3 aromatic rings. The van der Waals surface area contributed by atoms with Crippen molar-refractivity contribution in [1.82, 2.24) is 20.8 Å². The highest BCUT2D eigenvalue weighted by atomic mass is 32.1. The second-order valence-corrected chi connectivity index (χ2v) is 6.78. The molecular weight excluding hydrogens is 348 g/mol. The molecule has 0 aliphatic carbocycles. The van der Waals surface area contributed by atoms with E-state index in [0.717, 1.165) is 22.4 Å². The Balaban J connectivity index is 1.62. The van der Waals surface area contributed by atoms with E-state index in [-0.39, 0.29) is 11.5 Å². The maximum Gasteiger partial charge on any atom is 0.279 e. The number of hydrazine groups is 1. The van der Waals surface area contributed by atoms with Crippen molar-refractivity contribution in [3.05, 3.63) is 69.7 Å². The molecule has 0 bridgehead atoms. The molecule has 0 radical (unpaired) electrons. The van der Waals surface area contributed by atoms with Gasteiger partial charge in [0.1, 0.15) is 0 Å². The number of nitrogens with one attached hydrogen (secondary N) is 2. The van der Waals surface area contributed by atoms with Gasteiger partial charge in [-0.2, -0.15) is 0 Å². The van der Waals surface area contributed by atoms with E-state index in [4.69, 9.17) is 0 Å². The van der Waals surface area contributed by atoms with Crippen molar-refractivity contribution in [2.24, 2.45) is 0 Å². The molecule has 0 aliphatic rings. The molecule has 2 amide bonds. The first-order chi connectivity index (χ1) is 12.6. The molecule has 0 saturated carbocycles. The van der Waals surface area contributed by atoms with Crippen molar-refractivity contribution in [3.8, 4) is 11.4 Å². The number of carbonyl (C=O) groups is 2. The predicted molar refractivity (Wildman–Crippen MR) is 101 cm³/mol. The van der Waals surface area contributed by atoms with Gasteiger partial charge in [0.25, 0.3) is 11.8 Å². The fraction of sp³-hybridized carbons (Fsp3) is 0.158. The summed E-state index contributed by atoms with van der Waals surface area (Å²) in [5.41, 5.74) is 7.03. The fourth-order valence-corrected chi connectivity index (χ4v) is 3.42. The van der Waals surface area contributed by atoms with E-state index in [9.17, 15) is 9.59 Å². The van der Waals surface area contributed by atoms with Gasteiger partial charge in [-0.3, -0.25) is 20.4 Å². The summed E-state index contributed by atoms with van der Waals surface area (Å²) in [4.78, 5) is 34.4. The molecule has 7 heteroatoms. The zero-order chi connectivity index (χ0) is 18.5. The highest BCUT2D eigenvalue weighted by Gasteiger charge is 2.13. The number of aryl methyl sites for hydroxylation is 2. The maximum absolute atomic E-state index is 12.2. The number of rotatable bonds is 4. The first kappa shape index (κ1) is 17.8. The SMILES string of the molecule is CCc1sc(C(=O)NNC(=O)c2cnc(-c3ccccc3)nc2)cc1C. The van der Waals surface area contributed by atoms with E-state index in [2.05, 4.69) is 20.8 Å². The lowest BCUT2D eigenvalue weighted by Crippen LogP contribution is -2.41. The van der Waals surface area contributed by atoms with Gasteiger partial charge < -0.3 is 0 Å².